The van der Waals surface area contributed by atoms with Crippen LogP contribution in [0.1, 0.15) is 18.5 Å². The summed E-state index contributed by atoms with van der Waals surface area (Å²) in [7, 11) is 3.09. The highest BCUT2D eigenvalue weighted by Gasteiger charge is 2.42. The lowest BCUT2D eigenvalue weighted by atomic mass is 9.97. The number of alkyl halides is 3. The molecular weight excluding hydrogens is 393 g/mol. The molecule has 28 heavy (non-hydrogen) atoms. The summed E-state index contributed by atoms with van der Waals surface area (Å²) in [5, 5.41) is 2.46. The first-order valence-corrected chi connectivity index (χ1v) is 9.71. The number of piperidine rings is 1. The van der Waals surface area contributed by atoms with E-state index in [-0.39, 0.29) is 25.3 Å². The summed E-state index contributed by atoms with van der Waals surface area (Å²) in [5.74, 6) is -0.595. The average molecular weight is 414 g/mol. The zero-order valence-corrected chi connectivity index (χ0v) is 16.4. The van der Waals surface area contributed by atoms with Crippen LogP contribution in [0, 0.1) is 5.92 Å². The minimum Gasteiger partial charge on any atom is -0.493 e. The molecule has 5 nitrogen and oxygen atoms in total. The maximum atomic E-state index is 12.9. The van der Waals surface area contributed by atoms with Crippen LogP contribution in [0.3, 0.4) is 0 Å². The van der Waals surface area contributed by atoms with Crippen molar-refractivity contribution in [2.24, 2.45) is 5.92 Å². The summed E-state index contributed by atoms with van der Waals surface area (Å²) in [6, 6.07) is 5.40. The molecule has 0 spiro atoms. The molecule has 1 aromatic heterocycles. The maximum Gasteiger partial charge on any atom is 0.393 e. The van der Waals surface area contributed by atoms with Gasteiger partial charge in [0.1, 0.15) is 5.01 Å². The third-order valence-corrected chi connectivity index (χ3v) is 5.69. The molecule has 1 aliphatic heterocycles. The minimum atomic E-state index is -4.26. The number of aromatic nitrogens is 1. The fourth-order valence-electron chi connectivity index (χ4n) is 3.23. The summed E-state index contributed by atoms with van der Waals surface area (Å²) in [6.07, 6.45) is -3.83. The number of methoxy groups -OCH3 is 2. The van der Waals surface area contributed by atoms with Crippen molar-refractivity contribution in [1.82, 2.24) is 9.88 Å². The zero-order valence-electron chi connectivity index (χ0n) is 15.6. The Morgan fingerprint density at radius 2 is 2.04 bits per heavy atom. The van der Waals surface area contributed by atoms with E-state index in [1.165, 1.54) is 16.2 Å². The van der Waals surface area contributed by atoms with Crippen LogP contribution in [-0.4, -0.2) is 49.3 Å². The molecule has 9 heteroatoms. The van der Waals surface area contributed by atoms with Crippen LogP contribution in [0.5, 0.6) is 11.5 Å². The number of likely N-dealkylation sites (tertiary alicyclic amines) is 1. The predicted octanol–water partition coefficient (Wildman–Crippen LogP) is 4.17. The second-order valence-electron chi connectivity index (χ2n) is 6.61. The van der Waals surface area contributed by atoms with Gasteiger partial charge in [-0.15, -0.1) is 11.3 Å². The third kappa shape index (κ3) is 4.57. The number of carbonyl (C=O) groups excluding carboxylic acids is 1. The van der Waals surface area contributed by atoms with E-state index >= 15 is 0 Å². The van der Waals surface area contributed by atoms with E-state index < -0.39 is 12.1 Å². The number of nitrogens with zero attached hydrogens (tertiary/aromatic N) is 2. The lowest BCUT2D eigenvalue weighted by Gasteiger charge is -2.33. The number of hydrogen-bond donors (Lipinski definition) is 0. The Bertz CT molecular complexity index is 838. The van der Waals surface area contributed by atoms with E-state index in [1.54, 1.807) is 31.7 Å². The highest BCUT2D eigenvalue weighted by Crippen LogP contribution is 2.35. The number of rotatable bonds is 5. The van der Waals surface area contributed by atoms with Crippen LogP contribution in [0.15, 0.2) is 23.6 Å². The Hall–Kier alpha value is -2.29. The van der Waals surface area contributed by atoms with Crippen molar-refractivity contribution in [1.29, 1.82) is 0 Å². The fraction of sp³-hybridized carbons (Fsp3) is 0.474. The Morgan fingerprint density at radius 3 is 2.71 bits per heavy atom. The molecule has 1 aliphatic rings. The topological polar surface area (TPSA) is 51.7 Å². The van der Waals surface area contributed by atoms with Gasteiger partial charge in [-0.05, 0) is 31.0 Å². The number of benzene rings is 1. The lowest BCUT2D eigenvalue weighted by Crippen LogP contribution is -2.45. The Balaban J connectivity index is 1.68. The molecule has 1 amide bonds. The van der Waals surface area contributed by atoms with Crippen molar-refractivity contribution in [3.63, 3.8) is 0 Å². The van der Waals surface area contributed by atoms with Crippen LogP contribution in [0.2, 0.25) is 0 Å². The average Bonchev–Trinajstić information content (AvgIpc) is 3.15. The number of halogens is 3. The van der Waals surface area contributed by atoms with Gasteiger partial charge in [-0.1, -0.05) is 0 Å². The van der Waals surface area contributed by atoms with E-state index in [2.05, 4.69) is 4.98 Å². The van der Waals surface area contributed by atoms with E-state index in [0.717, 1.165) is 5.56 Å². The molecule has 0 aliphatic carbocycles. The standard InChI is InChI=1S/C19H21F3N2O3S/c1-26-15-6-5-12(8-16(15)27-2)18-23-14(11-28-18)9-17(25)24-7-3-4-13(10-24)19(20,21)22/h5-6,8,11,13H,3-4,7,9-10H2,1-2H3. The second kappa shape index (κ2) is 8.38. The summed E-state index contributed by atoms with van der Waals surface area (Å²) < 4.78 is 49.3. The van der Waals surface area contributed by atoms with Gasteiger partial charge in [-0.25, -0.2) is 4.98 Å². The zero-order chi connectivity index (χ0) is 20.3. The highest BCUT2D eigenvalue weighted by atomic mass is 32.1. The van der Waals surface area contributed by atoms with Crippen molar-refractivity contribution in [2.75, 3.05) is 27.3 Å². The molecule has 0 bridgehead atoms. The predicted molar refractivity (Wildman–Crippen MR) is 99.7 cm³/mol. The van der Waals surface area contributed by atoms with Crippen LogP contribution >= 0.6 is 11.3 Å². The van der Waals surface area contributed by atoms with Crippen molar-refractivity contribution in [3.05, 3.63) is 29.3 Å². The van der Waals surface area contributed by atoms with Crippen molar-refractivity contribution < 1.29 is 27.4 Å². The summed E-state index contributed by atoms with van der Waals surface area (Å²) >= 11 is 1.37. The summed E-state index contributed by atoms with van der Waals surface area (Å²) in [4.78, 5) is 18.2. The molecule has 1 atom stereocenters. The molecule has 1 saturated heterocycles. The number of amides is 1. The number of thiazole rings is 1. The number of hydrogen-bond acceptors (Lipinski definition) is 5. The van der Waals surface area contributed by atoms with Gasteiger partial charge >= 0.3 is 6.18 Å². The third-order valence-electron chi connectivity index (χ3n) is 4.75. The highest BCUT2D eigenvalue weighted by molar-refractivity contribution is 7.13. The van der Waals surface area contributed by atoms with Crippen molar-refractivity contribution in [3.8, 4) is 22.1 Å². The normalized spacial score (nSPS) is 17.5. The molecule has 0 saturated carbocycles. The Labute approximate surface area is 165 Å². The van der Waals surface area contributed by atoms with Crippen molar-refractivity contribution >= 4 is 17.2 Å². The van der Waals surface area contributed by atoms with Gasteiger partial charge < -0.3 is 14.4 Å². The smallest absolute Gasteiger partial charge is 0.393 e. The van der Waals surface area contributed by atoms with Crippen LogP contribution < -0.4 is 9.47 Å². The Kier molecular flexibility index (Phi) is 6.12. The number of ether oxygens (including phenoxy) is 2. The maximum absolute atomic E-state index is 12.9. The van der Waals surface area contributed by atoms with E-state index in [0.29, 0.717) is 35.2 Å². The largest absolute Gasteiger partial charge is 0.493 e. The molecule has 2 aromatic rings. The van der Waals surface area contributed by atoms with Gasteiger partial charge in [0.25, 0.3) is 0 Å². The Morgan fingerprint density at radius 1 is 1.29 bits per heavy atom. The molecular formula is C19H21F3N2O3S. The molecule has 152 valence electrons. The first-order valence-electron chi connectivity index (χ1n) is 8.83. The lowest BCUT2D eigenvalue weighted by molar-refractivity contribution is -0.187. The summed E-state index contributed by atoms with van der Waals surface area (Å²) in [5.41, 5.74) is 1.37. The van der Waals surface area contributed by atoms with Crippen molar-refractivity contribution in [2.45, 2.75) is 25.4 Å². The molecule has 0 radical (unpaired) electrons. The summed E-state index contributed by atoms with van der Waals surface area (Å²) in [6.45, 7) is 0.0904. The van der Waals surface area contributed by atoms with Gasteiger partial charge in [-0.3, -0.25) is 4.79 Å². The first-order chi connectivity index (χ1) is 13.3. The van der Waals surface area contributed by atoms with Gasteiger partial charge in [0.2, 0.25) is 5.91 Å². The van der Waals surface area contributed by atoms with E-state index in [4.69, 9.17) is 9.47 Å². The van der Waals surface area contributed by atoms with Crippen LogP contribution in [-0.2, 0) is 11.2 Å². The molecule has 0 N–H and O–H groups in total. The van der Waals surface area contributed by atoms with Crippen LogP contribution in [0.4, 0.5) is 13.2 Å². The van der Waals surface area contributed by atoms with Gasteiger partial charge in [0.05, 0.1) is 32.3 Å². The first kappa shape index (κ1) is 20.4. The van der Waals surface area contributed by atoms with E-state index in [9.17, 15) is 18.0 Å². The van der Waals surface area contributed by atoms with Crippen LogP contribution in [0.25, 0.3) is 10.6 Å². The molecule has 3 rings (SSSR count). The number of carbonyl (C=O) groups is 1. The SMILES string of the molecule is COc1ccc(-c2nc(CC(=O)N3CCCC(C(F)(F)F)C3)cs2)cc1OC. The molecule has 1 aromatic carbocycles. The van der Waals surface area contributed by atoms with E-state index in [1.807, 2.05) is 6.07 Å². The van der Waals surface area contributed by atoms with Gasteiger partial charge in [0.15, 0.2) is 11.5 Å². The molecule has 1 unspecified atom stereocenters. The van der Waals surface area contributed by atoms with Gasteiger partial charge in [0, 0.05) is 24.0 Å². The second-order valence-corrected chi connectivity index (χ2v) is 7.47. The monoisotopic (exact) mass is 414 g/mol. The quantitative estimate of drug-likeness (QED) is 0.737. The fourth-order valence-corrected chi connectivity index (χ4v) is 4.04. The van der Waals surface area contributed by atoms with Gasteiger partial charge in [-0.2, -0.15) is 13.2 Å². The molecule has 1 fully saturated rings. The molecule has 2 heterocycles. The minimum absolute atomic E-state index is 0.00559.